The van der Waals surface area contributed by atoms with Gasteiger partial charge in [0.25, 0.3) is 0 Å². The summed E-state index contributed by atoms with van der Waals surface area (Å²) in [4.78, 5) is 2.12. The van der Waals surface area contributed by atoms with Gasteiger partial charge in [-0.3, -0.25) is 4.55 Å². The van der Waals surface area contributed by atoms with Crippen LogP contribution in [0.5, 0.6) is 0 Å². The third kappa shape index (κ3) is 6.71. The molecule has 0 bridgehead atoms. The van der Waals surface area contributed by atoms with Gasteiger partial charge in [0, 0.05) is 56.9 Å². The maximum atomic E-state index is 10.7. The van der Waals surface area contributed by atoms with Crippen LogP contribution in [0.4, 0.5) is 18.9 Å². The van der Waals surface area contributed by atoms with E-state index in [0.717, 1.165) is 25.9 Å². The van der Waals surface area contributed by atoms with Crippen molar-refractivity contribution in [3.63, 3.8) is 0 Å². The second kappa shape index (κ2) is 12.1. The molecule has 2 aromatic carbocycles. The second-order valence-electron chi connectivity index (χ2n) is 10.6. The maximum absolute atomic E-state index is 10.7. The number of allylic oxidation sites excluding steroid dienone is 2. The Bertz CT molecular complexity index is 1810. The lowest BCUT2D eigenvalue weighted by Crippen LogP contribution is -2.43. The molecule has 222 valence electrons. The summed E-state index contributed by atoms with van der Waals surface area (Å²) in [7, 11) is -1.71. The summed E-state index contributed by atoms with van der Waals surface area (Å²) in [5, 5.41) is 0. The molecule has 0 spiro atoms. The summed E-state index contributed by atoms with van der Waals surface area (Å²) in [5.74, 6) is 0. The molecule has 6 rings (SSSR count). The Morgan fingerprint density at radius 2 is 1.33 bits per heavy atom. The third-order valence-corrected chi connectivity index (χ3v) is 8.11. The van der Waals surface area contributed by atoms with Crippen LogP contribution in [0, 0.1) is 0 Å². The van der Waals surface area contributed by atoms with E-state index in [0.29, 0.717) is 0 Å². The Labute approximate surface area is 249 Å². The van der Waals surface area contributed by atoms with Crippen molar-refractivity contribution < 1.29 is 35.3 Å². The Morgan fingerprint density at radius 3 is 1.91 bits per heavy atom. The van der Waals surface area contributed by atoms with Gasteiger partial charge in [0.2, 0.25) is 11.4 Å². The average Bonchev–Trinajstić information content (AvgIpc) is 2.98. The van der Waals surface area contributed by atoms with Crippen LogP contribution >= 0.6 is 0 Å². The SMILES string of the molecule is CN(C)c1ccc(/C=C/C=C/c2cc[n+]3c(c2)-c2c(ccc4c2-c2cccc[n+]2CC4)CC3)cc1.O=S(=O)(O)C(F)(F)F. The first-order valence-corrected chi connectivity index (χ1v) is 15.2. The number of hydrogen-bond donors (Lipinski definition) is 1. The van der Waals surface area contributed by atoms with Gasteiger partial charge in [0.15, 0.2) is 25.5 Å². The van der Waals surface area contributed by atoms with Gasteiger partial charge in [0.1, 0.15) is 0 Å². The fourth-order valence-electron chi connectivity index (χ4n) is 5.35. The van der Waals surface area contributed by atoms with Crippen molar-refractivity contribution in [1.82, 2.24) is 0 Å². The number of nitrogens with zero attached hydrogens (tertiary/aromatic N) is 3. The van der Waals surface area contributed by atoms with E-state index < -0.39 is 15.6 Å². The van der Waals surface area contributed by atoms with Crippen LogP contribution in [0.1, 0.15) is 22.3 Å². The van der Waals surface area contributed by atoms with E-state index in [9.17, 15) is 13.2 Å². The fourth-order valence-corrected chi connectivity index (χ4v) is 5.35. The minimum absolute atomic E-state index is 1.03. The van der Waals surface area contributed by atoms with Crippen molar-refractivity contribution in [2.75, 3.05) is 19.0 Å². The van der Waals surface area contributed by atoms with Gasteiger partial charge in [-0.1, -0.05) is 48.6 Å². The van der Waals surface area contributed by atoms with Gasteiger partial charge in [0.05, 0.1) is 11.1 Å². The molecule has 0 aliphatic carbocycles. The molecule has 2 aromatic heterocycles. The van der Waals surface area contributed by atoms with Gasteiger partial charge in [-0.2, -0.15) is 30.7 Å². The summed E-state index contributed by atoms with van der Waals surface area (Å²) < 4.78 is 62.4. The van der Waals surface area contributed by atoms with E-state index in [4.69, 9.17) is 13.0 Å². The molecule has 43 heavy (non-hydrogen) atoms. The summed E-state index contributed by atoms with van der Waals surface area (Å²) in [6, 6.07) is 24.5. The molecule has 0 amide bonds. The Kier molecular flexibility index (Phi) is 8.52. The van der Waals surface area contributed by atoms with Crippen LogP contribution in [0.25, 0.3) is 34.7 Å². The topological polar surface area (TPSA) is 65.4 Å². The number of benzene rings is 2. The summed E-state index contributed by atoms with van der Waals surface area (Å²) >= 11 is 0. The van der Waals surface area contributed by atoms with Crippen molar-refractivity contribution >= 4 is 28.0 Å². The first-order valence-electron chi connectivity index (χ1n) is 13.8. The standard InChI is InChI=1S/C32H31N3.CHF3O3S/c1-33(2)28-14-10-24(11-15-28)7-3-4-8-25-16-20-35-22-18-27-13-12-26-17-21-34-19-6-5-9-29(34)31(26)32(27)30(35)23-25;2-1(3,4)8(5,6)7/h3-16,19-20,23H,17-18,21-22H2,1-2H3;(H,5,6,7)/q+2;. The van der Waals surface area contributed by atoms with Crippen LogP contribution in [-0.2, 0) is 36.0 Å². The molecule has 0 saturated heterocycles. The van der Waals surface area contributed by atoms with E-state index in [1.165, 1.54) is 50.5 Å². The third-order valence-electron chi connectivity index (χ3n) is 7.53. The molecule has 0 unspecified atom stereocenters. The molecule has 10 heteroatoms. The number of aromatic nitrogens is 2. The molecule has 0 fully saturated rings. The second-order valence-corrected chi connectivity index (χ2v) is 12.0. The molecular weight excluding hydrogens is 575 g/mol. The summed E-state index contributed by atoms with van der Waals surface area (Å²) in [6.07, 6.45) is 15.3. The van der Waals surface area contributed by atoms with Gasteiger partial charge in [-0.15, -0.1) is 0 Å². The largest absolute Gasteiger partial charge is 0.522 e. The predicted molar refractivity (Wildman–Crippen MR) is 162 cm³/mol. The van der Waals surface area contributed by atoms with E-state index in [2.05, 4.69) is 132 Å². The molecule has 0 atom stereocenters. The molecule has 1 N–H and O–H groups in total. The minimum Gasteiger partial charge on any atom is -0.378 e. The highest BCUT2D eigenvalue weighted by molar-refractivity contribution is 7.86. The van der Waals surface area contributed by atoms with Crippen molar-refractivity contribution in [2.45, 2.75) is 31.4 Å². The number of hydrogen-bond acceptors (Lipinski definition) is 3. The highest BCUT2D eigenvalue weighted by atomic mass is 32.2. The molecule has 0 radical (unpaired) electrons. The highest BCUT2D eigenvalue weighted by Crippen LogP contribution is 2.39. The van der Waals surface area contributed by atoms with Gasteiger partial charge in [-0.25, -0.2) is 0 Å². The van der Waals surface area contributed by atoms with Crippen LogP contribution < -0.4 is 14.0 Å². The zero-order valence-electron chi connectivity index (χ0n) is 23.8. The summed E-state index contributed by atoms with van der Waals surface area (Å²) in [5.41, 5.74) is 6.54. The lowest BCUT2D eigenvalue weighted by molar-refractivity contribution is -0.689. The Balaban J connectivity index is 0.000000407. The molecular formula is C33H32F3N3O3S+2. The smallest absolute Gasteiger partial charge is 0.378 e. The number of pyridine rings is 2. The minimum atomic E-state index is -5.84. The molecule has 2 aliphatic rings. The number of anilines is 1. The zero-order chi connectivity index (χ0) is 30.8. The number of halogens is 3. The molecule has 4 aromatic rings. The van der Waals surface area contributed by atoms with Crippen LogP contribution in [0.2, 0.25) is 0 Å². The summed E-state index contributed by atoms with van der Waals surface area (Å²) in [6.45, 7) is 2.08. The van der Waals surface area contributed by atoms with E-state index in [1.54, 1.807) is 0 Å². The van der Waals surface area contributed by atoms with Gasteiger partial charge >= 0.3 is 15.6 Å². The Hall–Kier alpha value is -4.28. The quantitative estimate of drug-likeness (QED) is 0.136. The first kappa shape index (κ1) is 30.2. The van der Waals surface area contributed by atoms with E-state index in [-0.39, 0.29) is 0 Å². The number of fused-ring (bicyclic) bond motifs is 7. The Morgan fingerprint density at radius 1 is 0.767 bits per heavy atom. The lowest BCUT2D eigenvalue weighted by Gasteiger charge is -2.22. The molecule has 4 heterocycles. The van der Waals surface area contributed by atoms with Crippen LogP contribution in [0.15, 0.2) is 91.3 Å². The van der Waals surface area contributed by atoms with Crippen molar-refractivity contribution in [2.24, 2.45) is 0 Å². The number of alkyl halides is 3. The molecule has 6 nitrogen and oxygen atoms in total. The van der Waals surface area contributed by atoms with Crippen LogP contribution in [-0.4, -0.2) is 32.6 Å². The lowest BCUT2D eigenvalue weighted by atomic mass is 9.85. The van der Waals surface area contributed by atoms with Gasteiger partial charge in [-0.05, 0) is 40.5 Å². The fraction of sp³-hybridized carbons (Fsp3) is 0.212. The van der Waals surface area contributed by atoms with Crippen molar-refractivity contribution in [3.05, 3.63) is 114 Å². The maximum Gasteiger partial charge on any atom is 0.522 e. The monoisotopic (exact) mass is 607 g/mol. The molecule has 0 saturated carbocycles. The van der Waals surface area contributed by atoms with Crippen molar-refractivity contribution in [3.8, 4) is 22.5 Å². The predicted octanol–water partition coefficient (Wildman–Crippen LogP) is 5.89. The van der Waals surface area contributed by atoms with Gasteiger partial charge < -0.3 is 4.90 Å². The normalized spacial score (nSPS) is 13.9. The highest BCUT2D eigenvalue weighted by Gasteiger charge is 2.44. The van der Waals surface area contributed by atoms with Crippen molar-refractivity contribution in [1.29, 1.82) is 0 Å². The number of aryl methyl sites for hydroxylation is 4. The number of rotatable bonds is 4. The first-order chi connectivity index (χ1) is 20.4. The van der Waals surface area contributed by atoms with E-state index in [1.807, 2.05) is 0 Å². The average molecular weight is 608 g/mol. The zero-order valence-corrected chi connectivity index (χ0v) is 24.6. The molecule has 2 aliphatic heterocycles. The van der Waals surface area contributed by atoms with Crippen LogP contribution in [0.3, 0.4) is 0 Å². The van der Waals surface area contributed by atoms with E-state index >= 15 is 0 Å².